The van der Waals surface area contributed by atoms with Crippen molar-refractivity contribution in [2.24, 2.45) is 5.41 Å². The number of hydrogen-bond donors (Lipinski definition) is 1. The van der Waals surface area contributed by atoms with Crippen LogP contribution in [-0.2, 0) is 5.41 Å². The van der Waals surface area contributed by atoms with E-state index in [0.29, 0.717) is 16.9 Å². The second kappa shape index (κ2) is 5.76. The van der Waals surface area contributed by atoms with Crippen molar-refractivity contribution in [3.05, 3.63) is 35.4 Å². The van der Waals surface area contributed by atoms with E-state index in [4.69, 9.17) is 0 Å². The average molecular weight is 285 g/mol. The second-order valence-corrected chi connectivity index (χ2v) is 8.10. The van der Waals surface area contributed by atoms with Gasteiger partial charge in [0.1, 0.15) is 0 Å². The lowest BCUT2D eigenvalue weighted by Crippen LogP contribution is -2.56. The fourth-order valence-electron chi connectivity index (χ4n) is 4.78. The Bertz CT molecular complexity index is 457. The molecule has 0 saturated heterocycles. The van der Waals surface area contributed by atoms with Crippen LogP contribution in [0, 0.1) is 12.3 Å². The molecule has 0 atom stereocenters. The van der Waals surface area contributed by atoms with Crippen LogP contribution in [-0.4, -0.2) is 12.6 Å². The highest BCUT2D eigenvalue weighted by Gasteiger charge is 2.54. The second-order valence-electron chi connectivity index (χ2n) is 8.10. The zero-order valence-electron chi connectivity index (χ0n) is 14.0. The molecular formula is C20H31N. The molecule has 0 heterocycles. The summed E-state index contributed by atoms with van der Waals surface area (Å²) in [7, 11) is 0. The van der Waals surface area contributed by atoms with E-state index in [1.54, 1.807) is 5.56 Å². The molecule has 0 amide bonds. The van der Waals surface area contributed by atoms with Crippen molar-refractivity contribution in [3.8, 4) is 0 Å². The summed E-state index contributed by atoms with van der Waals surface area (Å²) in [4.78, 5) is 0. The topological polar surface area (TPSA) is 12.0 Å². The molecule has 1 nitrogen and oxygen atoms in total. The van der Waals surface area contributed by atoms with Gasteiger partial charge in [0, 0.05) is 18.0 Å². The third-order valence-corrected chi connectivity index (χ3v) is 5.85. The fourth-order valence-corrected chi connectivity index (χ4v) is 4.78. The van der Waals surface area contributed by atoms with Crippen LogP contribution in [0.1, 0.15) is 69.9 Å². The van der Waals surface area contributed by atoms with Gasteiger partial charge in [0.05, 0.1) is 0 Å². The summed E-state index contributed by atoms with van der Waals surface area (Å²) >= 11 is 0. The van der Waals surface area contributed by atoms with Crippen LogP contribution in [0.25, 0.3) is 0 Å². The Morgan fingerprint density at radius 3 is 2.19 bits per heavy atom. The van der Waals surface area contributed by atoms with E-state index >= 15 is 0 Å². The molecule has 1 aromatic carbocycles. The maximum absolute atomic E-state index is 3.72. The minimum absolute atomic E-state index is 0.398. The summed E-state index contributed by atoms with van der Waals surface area (Å²) in [6.45, 7) is 7.86. The summed E-state index contributed by atoms with van der Waals surface area (Å²) < 4.78 is 0. The lowest BCUT2D eigenvalue weighted by molar-refractivity contribution is -0.0136. The molecule has 1 spiro atoms. The Kier molecular flexibility index (Phi) is 4.14. The SMILES string of the molecule is Cc1ccc(C2(CNC(C)C)CC3(CCCCC3)C2)cc1. The molecule has 0 aromatic heterocycles. The monoisotopic (exact) mass is 285 g/mol. The summed E-state index contributed by atoms with van der Waals surface area (Å²) in [5.41, 5.74) is 4.02. The van der Waals surface area contributed by atoms with Crippen molar-refractivity contribution in [1.82, 2.24) is 5.32 Å². The summed E-state index contributed by atoms with van der Waals surface area (Å²) in [6, 6.07) is 9.92. The molecule has 0 radical (unpaired) electrons. The van der Waals surface area contributed by atoms with Crippen LogP contribution < -0.4 is 5.32 Å². The zero-order valence-corrected chi connectivity index (χ0v) is 14.0. The molecule has 2 saturated carbocycles. The number of nitrogens with one attached hydrogen (secondary N) is 1. The van der Waals surface area contributed by atoms with Crippen molar-refractivity contribution in [1.29, 1.82) is 0 Å². The maximum Gasteiger partial charge on any atom is 0.00884 e. The third kappa shape index (κ3) is 3.04. The fraction of sp³-hybridized carbons (Fsp3) is 0.700. The van der Waals surface area contributed by atoms with Crippen molar-refractivity contribution in [3.63, 3.8) is 0 Å². The van der Waals surface area contributed by atoms with Crippen LogP contribution in [0.3, 0.4) is 0 Å². The first kappa shape index (κ1) is 15.1. The molecule has 0 unspecified atom stereocenters. The van der Waals surface area contributed by atoms with Gasteiger partial charge in [0.15, 0.2) is 0 Å². The summed E-state index contributed by atoms with van der Waals surface area (Å²) in [6.07, 6.45) is 10.1. The molecule has 2 aliphatic carbocycles. The smallest absolute Gasteiger partial charge is 0.00884 e. The van der Waals surface area contributed by atoms with Gasteiger partial charge < -0.3 is 5.32 Å². The predicted molar refractivity (Wildman–Crippen MR) is 90.7 cm³/mol. The highest BCUT2D eigenvalue weighted by molar-refractivity contribution is 5.34. The number of benzene rings is 1. The van der Waals surface area contributed by atoms with Gasteiger partial charge in [-0.2, -0.15) is 0 Å². The van der Waals surface area contributed by atoms with E-state index in [1.807, 2.05) is 0 Å². The number of aryl methyl sites for hydroxylation is 1. The largest absolute Gasteiger partial charge is 0.314 e. The molecule has 0 bridgehead atoms. The standard InChI is InChI=1S/C20H31N/c1-16(2)21-15-20(18-9-7-17(3)8-10-18)13-19(14-20)11-5-4-6-12-19/h7-10,16,21H,4-6,11-15H2,1-3H3. The first-order chi connectivity index (χ1) is 10.0. The quantitative estimate of drug-likeness (QED) is 0.823. The molecule has 3 rings (SSSR count). The van der Waals surface area contributed by atoms with Crippen molar-refractivity contribution < 1.29 is 0 Å². The lowest BCUT2D eigenvalue weighted by Gasteiger charge is -2.59. The van der Waals surface area contributed by atoms with E-state index in [1.165, 1.54) is 50.5 Å². The van der Waals surface area contributed by atoms with Crippen LogP contribution >= 0.6 is 0 Å². The van der Waals surface area contributed by atoms with Gasteiger partial charge in [-0.05, 0) is 43.6 Å². The van der Waals surface area contributed by atoms with E-state index < -0.39 is 0 Å². The van der Waals surface area contributed by atoms with E-state index in [-0.39, 0.29) is 0 Å². The molecule has 21 heavy (non-hydrogen) atoms. The van der Waals surface area contributed by atoms with Crippen LogP contribution in [0.5, 0.6) is 0 Å². The van der Waals surface area contributed by atoms with Crippen LogP contribution in [0.4, 0.5) is 0 Å². The molecular weight excluding hydrogens is 254 g/mol. The van der Waals surface area contributed by atoms with Crippen molar-refractivity contribution in [2.75, 3.05) is 6.54 Å². The van der Waals surface area contributed by atoms with Crippen molar-refractivity contribution >= 4 is 0 Å². The molecule has 0 aliphatic heterocycles. The van der Waals surface area contributed by atoms with E-state index in [9.17, 15) is 0 Å². The van der Waals surface area contributed by atoms with Gasteiger partial charge in [-0.3, -0.25) is 0 Å². The maximum atomic E-state index is 3.72. The Morgan fingerprint density at radius 2 is 1.62 bits per heavy atom. The first-order valence-corrected chi connectivity index (χ1v) is 8.84. The predicted octanol–water partition coefficient (Wildman–Crippen LogP) is 4.98. The average Bonchev–Trinajstić information content (AvgIpc) is 2.44. The Labute approximate surface area is 130 Å². The Balaban J connectivity index is 1.78. The summed E-state index contributed by atoms with van der Waals surface area (Å²) in [5.74, 6) is 0. The van der Waals surface area contributed by atoms with Crippen LogP contribution in [0.15, 0.2) is 24.3 Å². The summed E-state index contributed by atoms with van der Waals surface area (Å²) in [5, 5.41) is 3.72. The number of hydrogen-bond acceptors (Lipinski definition) is 1. The highest BCUT2D eigenvalue weighted by Crippen LogP contribution is 2.61. The van der Waals surface area contributed by atoms with Crippen LogP contribution in [0.2, 0.25) is 0 Å². The minimum Gasteiger partial charge on any atom is -0.314 e. The zero-order chi connectivity index (χ0) is 14.9. The molecule has 1 N–H and O–H groups in total. The molecule has 2 fully saturated rings. The van der Waals surface area contributed by atoms with Gasteiger partial charge in [0.25, 0.3) is 0 Å². The highest BCUT2D eigenvalue weighted by atomic mass is 14.9. The van der Waals surface area contributed by atoms with E-state index in [0.717, 1.165) is 6.54 Å². The van der Waals surface area contributed by atoms with Gasteiger partial charge >= 0.3 is 0 Å². The normalized spacial score (nSPS) is 23.2. The minimum atomic E-state index is 0.398. The van der Waals surface area contributed by atoms with Crippen molar-refractivity contribution in [2.45, 2.75) is 77.2 Å². The van der Waals surface area contributed by atoms with Gasteiger partial charge in [-0.15, -0.1) is 0 Å². The molecule has 2 aliphatic rings. The Morgan fingerprint density at radius 1 is 1.00 bits per heavy atom. The van der Waals surface area contributed by atoms with Gasteiger partial charge in [-0.1, -0.05) is 62.9 Å². The molecule has 1 aromatic rings. The number of rotatable bonds is 4. The van der Waals surface area contributed by atoms with Gasteiger partial charge in [0.2, 0.25) is 0 Å². The third-order valence-electron chi connectivity index (χ3n) is 5.85. The lowest BCUT2D eigenvalue weighted by atomic mass is 9.46. The van der Waals surface area contributed by atoms with Gasteiger partial charge in [-0.25, -0.2) is 0 Å². The Hall–Kier alpha value is -0.820. The molecule has 116 valence electrons. The first-order valence-electron chi connectivity index (χ1n) is 8.84. The van der Waals surface area contributed by atoms with E-state index in [2.05, 4.69) is 50.4 Å². The molecule has 1 heteroatoms.